The van der Waals surface area contributed by atoms with Crippen molar-refractivity contribution in [2.45, 2.75) is 30.7 Å². The van der Waals surface area contributed by atoms with Gasteiger partial charge in [-0.3, -0.25) is 4.79 Å². The Labute approximate surface area is 125 Å². The Morgan fingerprint density at radius 2 is 1.90 bits per heavy atom. The van der Waals surface area contributed by atoms with Crippen molar-refractivity contribution in [2.75, 3.05) is 13.7 Å². The van der Waals surface area contributed by atoms with Crippen LogP contribution in [0.5, 0.6) is 0 Å². The Balaban J connectivity index is 2.40. The van der Waals surface area contributed by atoms with Crippen molar-refractivity contribution in [3.05, 3.63) is 42.0 Å². The van der Waals surface area contributed by atoms with Crippen molar-refractivity contribution in [3.8, 4) is 0 Å². The highest BCUT2D eigenvalue weighted by Crippen LogP contribution is 2.23. The highest BCUT2D eigenvalue weighted by atomic mass is 32.2. The van der Waals surface area contributed by atoms with E-state index in [1.165, 1.54) is 11.4 Å². The van der Waals surface area contributed by atoms with Crippen molar-refractivity contribution in [1.82, 2.24) is 4.31 Å². The molecule has 21 heavy (non-hydrogen) atoms. The van der Waals surface area contributed by atoms with Gasteiger partial charge in [-0.1, -0.05) is 29.8 Å². The van der Waals surface area contributed by atoms with Crippen molar-refractivity contribution < 1.29 is 17.9 Å². The molecule has 5 nitrogen and oxygen atoms in total. The number of esters is 1. The molecule has 0 aromatic heterocycles. The second kappa shape index (κ2) is 6.41. The smallest absolute Gasteiger partial charge is 0.324 e. The molecule has 0 bridgehead atoms. The first-order chi connectivity index (χ1) is 9.96. The molecule has 2 rings (SSSR count). The van der Waals surface area contributed by atoms with Crippen molar-refractivity contribution in [3.63, 3.8) is 0 Å². The number of ether oxygens (including phenoxy) is 1. The maximum absolute atomic E-state index is 12.8. The normalized spacial score (nSPS) is 20.0. The van der Waals surface area contributed by atoms with Gasteiger partial charge in [0.1, 0.15) is 6.04 Å². The molecule has 0 saturated heterocycles. The number of nitrogens with zero attached hydrogens (tertiary/aromatic N) is 1. The predicted octanol–water partition coefficient (Wildman–Crippen LogP) is 1.88. The van der Waals surface area contributed by atoms with Gasteiger partial charge in [0.05, 0.1) is 12.0 Å². The summed E-state index contributed by atoms with van der Waals surface area (Å²) in [5, 5.41) is 0. The van der Waals surface area contributed by atoms with E-state index >= 15 is 0 Å². The highest BCUT2D eigenvalue weighted by Gasteiger charge is 2.36. The van der Waals surface area contributed by atoms with Crippen LogP contribution in [-0.4, -0.2) is 38.4 Å². The van der Waals surface area contributed by atoms with Crippen LogP contribution in [0.1, 0.15) is 18.4 Å². The van der Waals surface area contributed by atoms with E-state index in [4.69, 9.17) is 4.74 Å². The lowest BCUT2D eigenvalue weighted by Crippen LogP contribution is -2.45. The van der Waals surface area contributed by atoms with Crippen molar-refractivity contribution >= 4 is 16.0 Å². The van der Waals surface area contributed by atoms with Gasteiger partial charge in [-0.15, -0.1) is 0 Å². The molecule has 1 atom stereocenters. The lowest BCUT2D eigenvalue weighted by Gasteiger charge is -2.26. The molecule has 1 unspecified atom stereocenters. The van der Waals surface area contributed by atoms with Crippen LogP contribution >= 0.6 is 0 Å². The Morgan fingerprint density at radius 1 is 1.24 bits per heavy atom. The van der Waals surface area contributed by atoms with E-state index in [0.717, 1.165) is 5.56 Å². The van der Waals surface area contributed by atoms with Crippen LogP contribution in [0.25, 0.3) is 0 Å². The lowest BCUT2D eigenvalue weighted by atomic mass is 10.2. The minimum atomic E-state index is -3.73. The van der Waals surface area contributed by atoms with Gasteiger partial charge in [0.15, 0.2) is 0 Å². The second-order valence-corrected chi connectivity index (χ2v) is 6.87. The fraction of sp³-hybridized carbons (Fsp3) is 0.400. The van der Waals surface area contributed by atoms with Crippen LogP contribution in [0.4, 0.5) is 0 Å². The Kier molecular flexibility index (Phi) is 4.80. The summed E-state index contributed by atoms with van der Waals surface area (Å²) in [4.78, 5) is 12.1. The van der Waals surface area contributed by atoms with Gasteiger partial charge in [-0.2, -0.15) is 4.31 Å². The molecule has 0 saturated carbocycles. The van der Waals surface area contributed by atoms with Gasteiger partial charge in [-0.05, 0) is 31.9 Å². The summed E-state index contributed by atoms with van der Waals surface area (Å²) < 4.78 is 31.5. The van der Waals surface area contributed by atoms with Crippen LogP contribution in [0, 0.1) is 6.92 Å². The zero-order valence-electron chi connectivity index (χ0n) is 12.2. The molecular weight excluding hydrogens is 290 g/mol. The van der Waals surface area contributed by atoms with Crippen LogP contribution in [0.15, 0.2) is 41.3 Å². The number of allylic oxidation sites excluding steroid dienone is 1. The van der Waals surface area contributed by atoms with Gasteiger partial charge in [-0.25, -0.2) is 8.42 Å². The average molecular weight is 309 g/mol. The largest absolute Gasteiger partial charge is 0.468 e. The second-order valence-electron chi connectivity index (χ2n) is 4.98. The Morgan fingerprint density at radius 3 is 2.52 bits per heavy atom. The monoisotopic (exact) mass is 309 g/mol. The number of methoxy groups -OCH3 is 1. The average Bonchev–Trinajstić information content (AvgIpc) is 2.73. The first kappa shape index (κ1) is 15.7. The molecule has 6 heteroatoms. The number of rotatable bonds is 3. The number of aryl methyl sites for hydroxylation is 1. The first-order valence-electron chi connectivity index (χ1n) is 6.78. The molecule has 0 N–H and O–H groups in total. The van der Waals surface area contributed by atoms with E-state index in [0.29, 0.717) is 12.8 Å². The van der Waals surface area contributed by atoms with E-state index in [-0.39, 0.29) is 11.4 Å². The minimum Gasteiger partial charge on any atom is -0.468 e. The summed E-state index contributed by atoms with van der Waals surface area (Å²) in [5.41, 5.74) is 0.981. The van der Waals surface area contributed by atoms with E-state index in [1.54, 1.807) is 30.3 Å². The van der Waals surface area contributed by atoms with Crippen LogP contribution in [0.2, 0.25) is 0 Å². The molecule has 0 spiro atoms. The van der Waals surface area contributed by atoms with Crippen molar-refractivity contribution in [2.24, 2.45) is 0 Å². The maximum atomic E-state index is 12.8. The van der Waals surface area contributed by atoms with E-state index < -0.39 is 22.0 Å². The topological polar surface area (TPSA) is 63.7 Å². The molecule has 1 heterocycles. The lowest BCUT2D eigenvalue weighted by molar-refractivity contribution is -0.145. The number of sulfonamides is 1. The van der Waals surface area contributed by atoms with Crippen LogP contribution < -0.4 is 0 Å². The zero-order valence-corrected chi connectivity index (χ0v) is 13.0. The third kappa shape index (κ3) is 3.33. The molecule has 1 aliphatic heterocycles. The third-order valence-electron chi connectivity index (χ3n) is 3.51. The molecule has 1 aliphatic rings. The first-order valence-corrected chi connectivity index (χ1v) is 8.22. The number of benzene rings is 1. The molecule has 114 valence electrons. The standard InChI is InChI=1S/C15H19NO4S/c1-12-7-9-13(10-8-12)21(18,19)16-11-5-3-4-6-14(16)15(17)20-2/h3,5,7-10,14H,4,6,11H2,1-2H3. The summed E-state index contributed by atoms with van der Waals surface area (Å²) in [6.07, 6.45) is 4.74. The molecule has 0 fully saturated rings. The number of carbonyl (C=O) groups excluding carboxylic acids is 1. The van der Waals surface area contributed by atoms with Crippen molar-refractivity contribution in [1.29, 1.82) is 0 Å². The predicted molar refractivity (Wildman–Crippen MR) is 79.2 cm³/mol. The molecule has 0 radical (unpaired) electrons. The third-order valence-corrected chi connectivity index (χ3v) is 5.40. The minimum absolute atomic E-state index is 0.177. The number of carbonyl (C=O) groups is 1. The quantitative estimate of drug-likeness (QED) is 0.632. The summed E-state index contributed by atoms with van der Waals surface area (Å²) >= 11 is 0. The summed E-state index contributed by atoms with van der Waals surface area (Å²) in [6, 6.07) is 5.83. The molecule has 0 amide bonds. The summed E-state index contributed by atoms with van der Waals surface area (Å²) in [5.74, 6) is -0.519. The SMILES string of the molecule is COC(=O)C1CCC=CCN1S(=O)(=O)c1ccc(C)cc1. The number of hydrogen-bond acceptors (Lipinski definition) is 4. The Hall–Kier alpha value is -1.66. The molecule has 1 aromatic carbocycles. The van der Waals surface area contributed by atoms with Crippen LogP contribution in [0.3, 0.4) is 0 Å². The van der Waals surface area contributed by atoms with E-state index in [2.05, 4.69) is 0 Å². The highest BCUT2D eigenvalue weighted by molar-refractivity contribution is 7.89. The van der Waals surface area contributed by atoms with Gasteiger partial charge in [0, 0.05) is 6.54 Å². The fourth-order valence-electron chi connectivity index (χ4n) is 2.30. The number of hydrogen-bond donors (Lipinski definition) is 0. The maximum Gasteiger partial charge on any atom is 0.324 e. The Bertz CT molecular complexity index is 634. The molecule has 1 aromatic rings. The molecular formula is C15H19NO4S. The summed E-state index contributed by atoms with van der Waals surface area (Å²) in [7, 11) is -2.45. The van der Waals surface area contributed by atoms with Crippen LogP contribution in [-0.2, 0) is 19.6 Å². The zero-order chi connectivity index (χ0) is 15.5. The van der Waals surface area contributed by atoms with Gasteiger partial charge in [0.25, 0.3) is 0 Å². The fourth-order valence-corrected chi connectivity index (χ4v) is 3.86. The summed E-state index contributed by atoms with van der Waals surface area (Å²) in [6.45, 7) is 2.07. The van der Waals surface area contributed by atoms with Gasteiger partial charge >= 0.3 is 5.97 Å². The van der Waals surface area contributed by atoms with Gasteiger partial charge < -0.3 is 4.74 Å². The van der Waals surface area contributed by atoms with Gasteiger partial charge in [0.2, 0.25) is 10.0 Å². The van der Waals surface area contributed by atoms with E-state index in [9.17, 15) is 13.2 Å². The molecule has 0 aliphatic carbocycles. The van der Waals surface area contributed by atoms with E-state index in [1.807, 2.05) is 13.0 Å².